The summed E-state index contributed by atoms with van der Waals surface area (Å²) >= 11 is 0. The second kappa shape index (κ2) is 14.1. The standard InChI is InChI=1S/C28H33FN6O7/c1-6-41-28(40)35-21-14-13-18(29)16-20(21)30-23(35)17-34-15-9-10-19(26(34)38)31-25(37)22(42-27(39)33(4)5)11-7-8-12-24(36)32(2)3/h8-10,12-16,22H,6-7,11,17H2,1-5H3,(H,31,37)/b12-8+/t22-/m0/s1. The molecule has 13 nitrogen and oxygen atoms in total. The molecule has 3 aromatic rings. The Hall–Kier alpha value is -5.01. The van der Waals surface area contributed by atoms with E-state index in [4.69, 9.17) is 9.47 Å². The van der Waals surface area contributed by atoms with Crippen LogP contribution in [0.1, 0.15) is 25.6 Å². The number of halogens is 1. The molecule has 1 aromatic carbocycles. The number of nitrogens with zero attached hydrogens (tertiary/aromatic N) is 5. The summed E-state index contributed by atoms with van der Waals surface area (Å²) < 4.78 is 26.6. The molecule has 224 valence electrons. The van der Waals surface area contributed by atoms with Crippen LogP contribution in [0.5, 0.6) is 0 Å². The molecule has 0 bridgehead atoms. The van der Waals surface area contributed by atoms with Crippen LogP contribution in [-0.2, 0) is 25.6 Å². The number of likely N-dealkylation sites (N-methyl/N-ethyl adjacent to an activating group) is 1. The second-order valence-electron chi connectivity index (χ2n) is 9.52. The van der Waals surface area contributed by atoms with Gasteiger partial charge in [-0.2, -0.15) is 0 Å². The fourth-order valence-electron chi connectivity index (χ4n) is 3.77. The van der Waals surface area contributed by atoms with Gasteiger partial charge in [-0.05, 0) is 50.1 Å². The summed E-state index contributed by atoms with van der Waals surface area (Å²) in [6.45, 7) is 1.51. The summed E-state index contributed by atoms with van der Waals surface area (Å²) in [5, 5.41) is 2.50. The third-order valence-corrected chi connectivity index (χ3v) is 5.92. The fourth-order valence-corrected chi connectivity index (χ4v) is 3.77. The number of anilines is 1. The van der Waals surface area contributed by atoms with Crippen molar-refractivity contribution in [2.45, 2.75) is 32.4 Å². The van der Waals surface area contributed by atoms with Gasteiger partial charge in [0.05, 0.1) is 24.2 Å². The van der Waals surface area contributed by atoms with Gasteiger partial charge < -0.3 is 29.2 Å². The smallest absolute Gasteiger partial charge is 0.420 e. The van der Waals surface area contributed by atoms with E-state index in [1.165, 1.54) is 60.1 Å². The lowest BCUT2D eigenvalue weighted by Gasteiger charge is -2.19. The van der Waals surface area contributed by atoms with E-state index in [9.17, 15) is 28.4 Å². The number of ether oxygens (including phenoxy) is 2. The quantitative estimate of drug-likeness (QED) is 0.358. The summed E-state index contributed by atoms with van der Waals surface area (Å²) in [5.74, 6) is -1.43. The minimum Gasteiger partial charge on any atom is -0.449 e. The Balaban J connectivity index is 1.86. The lowest BCUT2D eigenvalue weighted by molar-refractivity contribution is -0.125. The van der Waals surface area contributed by atoms with Gasteiger partial charge in [-0.25, -0.2) is 23.5 Å². The van der Waals surface area contributed by atoms with Crippen molar-refractivity contribution in [1.82, 2.24) is 23.9 Å². The molecule has 3 amide bonds. The van der Waals surface area contributed by atoms with Crippen LogP contribution in [0, 0.1) is 5.82 Å². The summed E-state index contributed by atoms with van der Waals surface area (Å²) in [7, 11) is 6.11. The number of imidazole rings is 1. The van der Waals surface area contributed by atoms with Gasteiger partial charge in [0.1, 0.15) is 17.3 Å². The Kier molecular flexibility index (Phi) is 10.5. The van der Waals surface area contributed by atoms with Gasteiger partial charge in [-0.1, -0.05) is 6.08 Å². The number of fused-ring (bicyclic) bond motifs is 1. The molecule has 0 fully saturated rings. The third-order valence-electron chi connectivity index (χ3n) is 5.92. The van der Waals surface area contributed by atoms with Gasteiger partial charge in [0, 0.05) is 40.5 Å². The number of rotatable bonds is 10. The van der Waals surface area contributed by atoms with Crippen LogP contribution < -0.4 is 10.9 Å². The number of benzene rings is 1. The second-order valence-corrected chi connectivity index (χ2v) is 9.52. The maximum atomic E-state index is 13.8. The molecule has 42 heavy (non-hydrogen) atoms. The lowest BCUT2D eigenvalue weighted by atomic mass is 10.1. The third kappa shape index (κ3) is 7.80. The van der Waals surface area contributed by atoms with Crippen molar-refractivity contribution < 1.29 is 33.0 Å². The fraction of sp³-hybridized carbons (Fsp3) is 0.357. The van der Waals surface area contributed by atoms with E-state index in [1.807, 2.05) is 0 Å². The molecule has 0 spiro atoms. The minimum atomic E-state index is -1.27. The van der Waals surface area contributed by atoms with Gasteiger partial charge in [-0.15, -0.1) is 0 Å². The van der Waals surface area contributed by atoms with Gasteiger partial charge >= 0.3 is 12.2 Å². The SMILES string of the molecule is CCOC(=O)n1c(Cn2cccc(NC(=O)[C@H](CC/C=C/C(=O)N(C)C)OC(=O)N(C)C)c2=O)nc2cc(F)ccc21. The summed E-state index contributed by atoms with van der Waals surface area (Å²) in [4.78, 5) is 70.0. The number of amides is 3. The van der Waals surface area contributed by atoms with Crippen LogP contribution in [0.15, 0.2) is 53.5 Å². The maximum Gasteiger partial charge on any atom is 0.420 e. The minimum absolute atomic E-state index is 0.0454. The molecule has 14 heteroatoms. The normalized spacial score (nSPS) is 11.8. The van der Waals surface area contributed by atoms with E-state index in [2.05, 4.69) is 10.3 Å². The first-order chi connectivity index (χ1) is 19.9. The summed E-state index contributed by atoms with van der Waals surface area (Å²) in [5.41, 5.74) is -0.248. The van der Waals surface area contributed by atoms with Gasteiger partial charge in [0.2, 0.25) is 5.91 Å². The van der Waals surface area contributed by atoms with Crippen LogP contribution in [-0.4, -0.2) is 88.8 Å². The van der Waals surface area contributed by atoms with Crippen LogP contribution in [0.4, 0.5) is 19.7 Å². The molecule has 0 unspecified atom stereocenters. The molecule has 1 atom stereocenters. The van der Waals surface area contributed by atoms with Crippen molar-refractivity contribution in [1.29, 1.82) is 0 Å². The maximum absolute atomic E-state index is 13.8. The predicted octanol–water partition coefficient (Wildman–Crippen LogP) is 2.82. The first kappa shape index (κ1) is 31.5. The highest BCUT2D eigenvalue weighted by Gasteiger charge is 2.25. The Labute approximate surface area is 241 Å². The van der Waals surface area contributed by atoms with Gasteiger partial charge in [0.25, 0.3) is 11.5 Å². The molecule has 0 saturated heterocycles. The van der Waals surface area contributed by atoms with Crippen molar-refractivity contribution >= 4 is 40.7 Å². The first-order valence-electron chi connectivity index (χ1n) is 13.0. The molecule has 0 saturated carbocycles. The topological polar surface area (TPSA) is 145 Å². The van der Waals surface area contributed by atoms with Crippen LogP contribution in [0.25, 0.3) is 11.0 Å². The number of carbonyl (C=O) groups excluding carboxylic acids is 4. The number of carbonyl (C=O) groups is 4. The van der Waals surface area contributed by atoms with Crippen molar-refractivity contribution in [2.75, 3.05) is 40.1 Å². The zero-order valence-corrected chi connectivity index (χ0v) is 24.0. The number of nitrogens with one attached hydrogen (secondary N) is 1. The van der Waals surface area contributed by atoms with Gasteiger partial charge in [-0.3, -0.25) is 14.4 Å². The monoisotopic (exact) mass is 584 g/mol. The zero-order valence-electron chi connectivity index (χ0n) is 24.0. The molecule has 0 aliphatic carbocycles. The molecule has 0 aliphatic rings. The van der Waals surface area contributed by atoms with Crippen molar-refractivity contribution in [3.05, 3.63) is 70.7 Å². The Morgan fingerprint density at radius 1 is 1.12 bits per heavy atom. The lowest BCUT2D eigenvalue weighted by Crippen LogP contribution is -2.37. The summed E-state index contributed by atoms with van der Waals surface area (Å²) in [6.07, 6.45) is 1.85. The largest absolute Gasteiger partial charge is 0.449 e. The molecule has 2 aromatic heterocycles. The number of pyridine rings is 1. The van der Waals surface area contributed by atoms with Crippen LogP contribution in [0.3, 0.4) is 0 Å². The van der Waals surface area contributed by atoms with E-state index in [0.29, 0.717) is 5.52 Å². The molecular weight excluding hydrogens is 551 g/mol. The average Bonchev–Trinajstić information content (AvgIpc) is 3.29. The van der Waals surface area contributed by atoms with Crippen LogP contribution in [0.2, 0.25) is 0 Å². The zero-order chi connectivity index (χ0) is 31.0. The molecular formula is C28H33FN6O7. The number of allylic oxidation sites excluding steroid dienone is 1. The predicted molar refractivity (Wildman–Crippen MR) is 152 cm³/mol. The van der Waals surface area contributed by atoms with Crippen molar-refractivity contribution in [3.63, 3.8) is 0 Å². The average molecular weight is 585 g/mol. The number of hydrogen-bond acceptors (Lipinski definition) is 8. The Morgan fingerprint density at radius 3 is 2.52 bits per heavy atom. The number of aromatic nitrogens is 3. The highest BCUT2D eigenvalue weighted by atomic mass is 19.1. The Bertz CT molecular complexity index is 1560. The molecule has 3 rings (SSSR count). The number of hydrogen-bond donors (Lipinski definition) is 1. The highest BCUT2D eigenvalue weighted by Crippen LogP contribution is 2.19. The van der Waals surface area contributed by atoms with E-state index >= 15 is 0 Å². The summed E-state index contributed by atoms with van der Waals surface area (Å²) in [6, 6.07) is 6.61. The Morgan fingerprint density at radius 2 is 1.86 bits per heavy atom. The molecule has 1 N–H and O–H groups in total. The van der Waals surface area contributed by atoms with Crippen molar-refractivity contribution in [2.24, 2.45) is 0 Å². The van der Waals surface area contributed by atoms with E-state index in [1.54, 1.807) is 27.1 Å². The molecule has 0 aliphatic heterocycles. The van der Waals surface area contributed by atoms with E-state index < -0.39 is 35.6 Å². The van der Waals surface area contributed by atoms with Crippen molar-refractivity contribution in [3.8, 4) is 0 Å². The van der Waals surface area contributed by atoms with E-state index in [-0.39, 0.29) is 48.9 Å². The van der Waals surface area contributed by atoms with E-state index in [0.717, 1.165) is 15.5 Å². The highest BCUT2D eigenvalue weighted by molar-refractivity contribution is 5.95. The molecule has 0 radical (unpaired) electrons. The molecule has 2 heterocycles. The van der Waals surface area contributed by atoms with Gasteiger partial charge in [0.15, 0.2) is 6.10 Å². The first-order valence-corrected chi connectivity index (χ1v) is 13.0. The van der Waals surface area contributed by atoms with Crippen LogP contribution >= 0.6 is 0 Å².